The number of Topliss-reactive ketones (excluding diaryl/α,β-unsaturated/α-hetero) is 1. The maximum Gasteiger partial charge on any atom is 0.412 e. The minimum atomic E-state index is -1.08. The van der Waals surface area contributed by atoms with E-state index in [1.54, 1.807) is 11.8 Å². The highest BCUT2D eigenvalue weighted by Crippen LogP contribution is 2.14. The van der Waals surface area contributed by atoms with Crippen LogP contribution in [0.15, 0.2) is 24.3 Å². The first-order valence-electron chi connectivity index (χ1n) is 10.2. The first kappa shape index (κ1) is 24.4. The number of carbonyl (C=O) groups excluding carboxylic acids is 3. The summed E-state index contributed by atoms with van der Waals surface area (Å²) in [4.78, 5) is 39.1. The lowest BCUT2D eigenvalue weighted by Gasteiger charge is -2.32. The second-order valence-corrected chi connectivity index (χ2v) is 7.10. The fraction of sp³-hybridized carbons (Fsp3) is 0.524. The lowest BCUT2D eigenvalue weighted by molar-refractivity contribution is -0.134. The van der Waals surface area contributed by atoms with Crippen LogP contribution in [0.1, 0.15) is 35.7 Å². The third-order valence-corrected chi connectivity index (χ3v) is 4.90. The lowest BCUT2D eigenvalue weighted by Crippen LogP contribution is -2.53. The van der Waals surface area contributed by atoms with Crippen molar-refractivity contribution in [2.75, 3.05) is 40.0 Å². The molecule has 1 aliphatic rings. The van der Waals surface area contributed by atoms with Gasteiger partial charge in [-0.25, -0.2) is 4.79 Å². The number of amidine groups is 1. The number of ether oxygens (including phenoxy) is 2. The summed E-state index contributed by atoms with van der Waals surface area (Å²) < 4.78 is 9.75. The smallest absolute Gasteiger partial charge is 0.412 e. The molecule has 1 heterocycles. The number of ketones is 1. The number of nitrogens with one attached hydrogen (secondary N) is 3. The molecule has 1 aromatic rings. The zero-order valence-corrected chi connectivity index (χ0v) is 17.8. The van der Waals surface area contributed by atoms with E-state index < -0.39 is 24.0 Å². The molecule has 1 aromatic carbocycles. The van der Waals surface area contributed by atoms with Gasteiger partial charge in [0.2, 0.25) is 5.91 Å². The fourth-order valence-corrected chi connectivity index (χ4v) is 3.18. The van der Waals surface area contributed by atoms with Crippen LogP contribution in [-0.2, 0) is 14.3 Å². The summed E-state index contributed by atoms with van der Waals surface area (Å²) >= 11 is 0. The van der Waals surface area contributed by atoms with Crippen molar-refractivity contribution in [2.24, 2.45) is 0 Å². The van der Waals surface area contributed by atoms with Crippen molar-refractivity contribution in [1.82, 2.24) is 15.5 Å². The largest absolute Gasteiger partial charge is 0.450 e. The SMILES string of the molecule is CCOC(=O)NC(=N)c1ccc(C(=O)C(NCCOC)C(=O)N2CCC(O)CC2)cc1. The van der Waals surface area contributed by atoms with Crippen molar-refractivity contribution in [3.63, 3.8) is 0 Å². The number of alkyl carbamates (subject to hydrolysis) is 1. The number of likely N-dealkylation sites (tertiary alicyclic amines) is 1. The Morgan fingerprint density at radius 2 is 1.81 bits per heavy atom. The van der Waals surface area contributed by atoms with Crippen LogP contribution in [0.4, 0.5) is 4.79 Å². The molecule has 1 atom stereocenters. The van der Waals surface area contributed by atoms with E-state index in [0.29, 0.717) is 50.2 Å². The maximum absolute atomic E-state index is 13.1. The summed E-state index contributed by atoms with van der Waals surface area (Å²) in [7, 11) is 1.53. The summed E-state index contributed by atoms with van der Waals surface area (Å²) in [6, 6.07) is 4.99. The molecule has 0 aromatic heterocycles. The number of hydrogen-bond donors (Lipinski definition) is 4. The molecule has 0 saturated carbocycles. The number of carbonyl (C=O) groups is 3. The molecule has 2 rings (SSSR count). The Hall–Kier alpha value is -2.82. The Bertz CT molecular complexity index is 775. The first-order chi connectivity index (χ1) is 14.9. The van der Waals surface area contributed by atoms with Crippen molar-refractivity contribution in [2.45, 2.75) is 31.9 Å². The van der Waals surface area contributed by atoms with Gasteiger partial charge in [-0.05, 0) is 19.8 Å². The van der Waals surface area contributed by atoms with Crippen molar-refractivity contribution < 1.29 is 29.0 Å². The number of piperidine rings is 1. The molecule has 31 heavy (non-hydrogen) atoms. The normalized spacial score (nSPS) is 15.3. The molecule has 10 nitrogen and oxygen atoms in total. The molecule has 0 bridgehead atoms. The Kier molecular flexibility index (Phi) is 9.57. The van der Waals surface area contributed by atoms with E-state index in [4.69, 9.17) is 14.9 Å². The van der Waals surface area contributed by atoms with Gasteiger partial charge in [0, 0.05) is 37.9 Å². The van der Waals surface area contributed by atoms with Crippen molar-refractivity contribution in [3.05, 3.63) is 35.4 Å². The van der Waals surface area contributed by atoms with Crippen LogP contribution in [0, 0.1) is 5.41 Å². The summed E-state index contributed by atoms with van der Waals surface area (Å²) in [5, 5.41) is 22.9. The molecular formula is C21H30N4O6. The summed E-state index contributed by atoms with van der Waals surface area (Å²) in [5.41, 5.74) is 0.692. The average molecular weight is 434 g/mol. The molecule has 1 aliphatic heterocycles. The van der Waals surface area contributed by atoms with Crippen LogP contribution in [0.2, 0.25) is 0 Å². The van der Waals surface area contributed by atoms with Gasteiger partial charge in [0.25, 0.3) is 0 Å². The Morgan fingerprint density at radius 1 is 1.19 bits per heavy atom. The quantitative estimate of drug-likeness (QED) is 0.146. The lowest BCUT2D eigenvalue weighted by atomic mass is 9.99. The third kappa shape index (κ3) is 7.12. The number of hydrogen-bond acceptors (Lipinski definition) is 8. The predicted molar refractivity (Wildman–Crippen MR) is 113 cm³/mol. The van der Waals surface area contributed by atoms with Crippen molar-refractivity contribution >= 4 is 23.6 Å². The van der Waals surface area contributed by atoms with Crippen LogP contribution in [0.3, 0.4) is 0 Å². The molecule has 170 valence electrons. The van der Waals surface area contributed by atoms with Gasteiger partial charge in [-0.3, -0.25) is 25.6 Å². The molecule has 0 aliphatic carbocycles. The van der Waals surface area contributed by atoms with E-state index >= 15 is 0 Å². The topological polar surface area (TPSA) is 141 Å². The van der Waals surface area contributed by atoms with Crippen LogP contribution < -0.4 is 10.6 Å². The van der Waals surface area contributed by atoms with Gasteiger partial charge in [0.05, 0.1) is 19.3 Å². The molecule has 1 unspecified atom stereocenters. The molecule has 1 saturated heterocycles. The van der Waals surface area contributed by atoms with Crippen molar-refractivity contribution in [1.29, 1.82) is 5.41 Å². The van der Waals surface area contributed by atoms with E-state index in [2.05, 4.69) is 10.6 Å². The van der Waals surface area contributed by atoms with Gasteiger partial charge in [0.1, 0.15) is 5.84 Å². The number of nitrogens with zero attached hydrogens (tertiary/aromatic N) is 1. The first-order valence-corrected chi connectivity index (χ1v) is 10.2. The average Bonchev–Trinajstić information content (AvgIpc) is 2.76. The Balaban J connectivity index is 2.11. The summed E-state index contributed by atoms with van der Waals surface area (Å²) in [5.74, 6) is -0.896. The Morgan fingerprint density at radius 3 is 2.39 bits per heavy atom. The van der Waals surface area contributed by atoms with Gasteiger partial charge in [-0.1, -0.05) is 24.3 Å². The monoisotopic (exact) mass is 434 g/mol. The molecule has 0 spiro atoms. The van der Waals surface area contributed by atoms with Crippen LogP contribution in [-0.4, -0.2) is 85.7 Å². The number of aliphatic hydroxyl groups excluding tert-OH is 1. The van der Waals surface area contributed by atoms with Gasteiger partial charge in [0.15, 0.2) is 11.8 Å². The number of methoxy groups -OCH3 is 1. The van der Waals surface area contributed by atoms with Crippen LogP contribution in [0.5, 0.6) is 0 Å². The molecule has 0 radical (unpaired) electrons. The van der Waals surface area contributed by atoms with E-state index in [1.807, 2.05) is 0 Å². The fourth-order valence-electron chi connectivity index (χ4n) is 3.18. The van der Waals surface area contributed by atoms with E-state index in [9.17, 15) is 19.5 Å². The minimum Gasteiger partial charge on any atom is -0.450 e. The number of benzene rings is 1. The molecular weight excluding hydrogens is 404 g/mol. The minimum absolute atomic E-state index is 0.157. The molecule has 2 amide bonds. The van der Waals surface area contributed by atoms with Crippen molar-refractivity contribution in [3.8, 4) is 0 Å². The van der Waals surface area contributed by atoms with Gasteiger partial charge >= 0.3 is 6.09 Å². The maximum atomic E-state index is 13.1. The van der Waals surface area contributed by atoms with E-state index in [-0.39, 0.29) is 18.3 Å². The predicted octanol–water partition coefficient (Wildman–Crippen LogP) is 0.529. The molecule has 1 fully saturated rings. The zero-order valence-electron chi connectivity index (χ0n) is 17.8. The second kappa shape index (κ2) is 12.1. The third-order valence-electron chi connectivity index (χ3n) is 4.90. The number of amides is 2. The van der Waals surface area contributed by atoms with E-state index in [0.717, 1.165) is 0 Å². The highest BCUT2D eigenvalue weighted by molar-refractivity contribution is 6.14. The molecule has 4 N–H and O–H groups in total. The number of aliphatic hydroxyl groups is 1. The highest BCUT2D eigenvalue weighted by Gasteiger charge is 2.32. The number of rotatable bonds is 9. The zero-order chi connectivity index (χ0) is 22.8. The van der Waals surface area contributed by atoms with Gasteiger partial charge in [-0.15, -0.1) is 0 Å². The Labute approximate surface area is 181 Å². The molecule has 10 heteroatoms. The van der Waals surface area contributed by atoms with E-state index in [1.165, 1.54) is 31.4 Å². The van der Waals surface area contributed by atoms with Gasteiger partial charge < -0.3 is 19.5 Å². The standard InChI is InChI=1S/C21H30N4O6/c1-3-31-21(29)24-19(22)15-6-4-14(5-7-15)18(27)17(23-10-13-30-2)20(28)25-11-8-16(26)9-12-25/h4-7,16-17,23,26H,3,8-13H2,1-2H3,(H2,22,24,29). The highest BCUT2D eigenvalue weighted by atomic mass is 16.5. The summed E-state index contributed by atoms with van der Waals surface area (Å²) in [6.07, 6.45) is -0.192. The second-order valence-electron chi connectivity index (χ2n) is 7.10. The van der Waals surface area contributed by atoms with Crippen LogP contribution >= 0.6 is 0 Å². The van der Waals surface area contributed by atoms with Gasteiger partial charge in [-0.2, -0.15) is 0 Å². The summed E-state index contributed by atoms with van der Waals surface area (Å²) in [6.45, 7) is 3.30. The van der Waals surface area contributed by atoms with Crippen LogP contribution in [0.25, 0.3) is 0 Å².